The third kappa shape index (κ3) is 2.94. The van der Waals surface area contributed by atoms with Crippen LogP contribution in [0.1, 0.15) is 39.0 Å². The molecule has 5 nitrogen and oxygen atoms in total. The zero-order valence-corrected chi connectivity index (χ0v) is 13.4. The molecule has 1 aromatic heterocycles. The molecule has 0 radical (unpaired) electrons. The number of carbonyl (C=O) groups is 1. The van der Waals surface area contributed by atoms with Gasteiger partial charge in [-0.1, -0.05) is 0 Å². The SMILES string of the molecule is CC1CCCCN1C(=O)C1(n2cccn2)CCNCC1.Cl. The van der Waals surface area contributed by atoms with Crippen molar-refractivity contribution in [3.8, 4) is 0 Å². The van der Waals surface area contributed by atoms with Crippen LogP contribution in [0, 0.1) is 0 Å². The van der Waals surface area contributed by atoms with Gasteiger partial charge >= 0.3 is 0 Å². The number of nitrogens with one attached hydrogen (secondary N) is 1. The highest BCUT2D eigenvalue weighted by molar-refractivity contribution is 5.85. The monoisotopic (exact) mass is 312 g/mol. The van der Waals surface area contributed by atoms with E-state index in [1.54, 1.807) is 6.20 Å². The van der Waals surface area contributed by atoms with E-state index in [1.165, 1.54) is 6.42 Å². The van der Waals surface area contributed by atoms with E-state index in [9.17, 15) is 4.79 Å². The van der Waals surface area contributed by atoms with Gasteiger partial charge in [0.2, 0.25) is 0 Å². The topological polar surface area (TPSA) is 50.2 Å². The summed E-state index contributed by atoms with van der Waals surface area (Å²) < 4.78 is 1.90. The van der Waals surface area contributed by atoms with E-state index in [-0.39, 0.29) is 18.3 Å². The number of nitrogens with zero attached hydrogens (tertiary/aromatic N) is 3. The van der Waals surface area contributed by atoms with Crippen molar-refractivity contribution in [1.82, 2.24) is 20.0 Å². The van der Waals surface area contributed by atoms with E-state index < -0.39 is 5.54 Å². The van der Waals surface area contributed by atoms with E-state index in [1.807, 2.05) is 16.9 Å². The van der Waals surface area contributed by atoms with Gasteiger partial charge in [-0.3, -0.25) is 9.48 Å². The summed E-state index contributed by atoms with van der Waals surface area (Å²) >= 11 is 0. The molecule has 1 amide bonds. The molecule has 1 aromatic rings. The number of halogens is 1. The minimum Gasteiger partial charge on any atom is -0.338 e. The third-order valence-electron chi connectivity index (χ3n) is 4.84. The Kier molecular flexibility index (Phi) is 5.27. The first kappa shape index (κ1) is 16.3. The lowest BCUT2D eigenvalue weighted by Crippen LogP contribution is -2.58. The number of likely N-dealkylation sites (tertiary alicyclic amines) is 1. The average molecular weight is 313 g/mol. The second-order valence-corrected chi connectivity index (χ2v) is 6.08. The molecule has 2 fully saturated rings. The van der Waals surface area contributed by atoms with Gasteiger partial charge < -0.3 is 10.2 Å². The van der Waals surface area contributed by atoms with Crippen molar-refractivity contribution in [2.45, 2.75) is 50.6 Å². The largest absolute Gasteiger partial charge is 0.338 e. The Morgan fingerprint density at radius 1 is 1.33 bits per heavy atom. The zero-order chi connectivity index (χ0) is 14.0. The van der Waals surface area contributed by atoms with Crippen molar-refractivity contribution in [2.24, 2.45) is 0 Å². The van der Waals surface area contributed by atoms with Gasteiger partial charge in [-0.15, -0.1) is 12.4 Å². The predicted octanol–water partition coefficient (Wildman–Crippen LogP) is 1.78. The Balaban J connectivity index is 0.00000161. The first-order valence-corrected chi connectivity index (χ1v) is 7.76. The lowest BCUT2D eigenvalue weighted by atomic mass is 9.85. The van der Waals surface area contributed by atoms with Crippen molar-refractivity contribution in [3.05, 3.63) is 18.5 Å². The van der Waals surface area contributed by atoms with Gasteiger partial charge in [0.1, 0.15) is 5.54 Å². The predicted molar refractivity (Wildman–Crippen MR) is 84.6 cm³/mol. The van der Waals surface area contributed by atoms with Crippen LogP contribution in [-0.2, 0) is 10.3 Å². The molecule has 2 aliphatic heterocycles. The van der Waals surface area contributed by atoms with Gasteiger partial charge in [0.05, 0.1) is 0 Å². The summed E-state index contributed by atoms with van der Waals surface area (Å²) in [4.78, 5) is 15.3. The van der Waals surface area contributed by atoms with Crippen LogP contribution in [0.25, 0.3) is 0 Å². The van der Waals surface area contributed by atoms with Gasteiger partial charge in [-0.05, 0) is 58.2 Å². The Bertz CT molecular complexity index is 456. The van der Waals surface area contributed by atoms with Crippen LogP contribution >= 0.6 is 12.4 Å². The highest BCUT2D eigenvalue weighted by Crippen LogP contribution is 2.32. The maximum Gasteiger partial charge on any atom is 0.250 e. The van der Waals surface area contributed by atoms with Crippen molar-refractivity contribution in [2.75, 3.05) is 19.6 Å². The Labute approximate surface area is 132 Å². The molecule has 0 bridgehead atoms. The molecule has 21 heavy (non-hydrogen) atoms. The standard InChI is InChI=1S/C15H24N4O.ClH/c1-13-5-2-3-11-18(13)14(20)15(6-9-16-10-7-15)19-12-4-8-17-19;/h4,8,12-13,16H,2-3,5-7,9-11H2,1H3;1H. The van der Waals surface area contributed by atoms with Crippen LogP contribution in [0.4, 0.5) is 0 Å². The van der Waals surface area contributed by atoms with E-state index in [0.29, 0.717) is 6.04 Å². The fourth-order valence-corrected chi connectivity index (χ4v) is 3.57. The molecule has 1 N–H and O–H groups in total. The molecule has 2 aliphatic rings. The van der Waals surface area contributed by atoms with Crippen LogP contribution in [0.15, 0.2) is 18.5 Å². The second-order valence-electron chi connectivity index (χ2n) is 6.08. The maximum atomic E-state index is 13.2. The second kappa shape index (κ2) is 6.79. The molecule has 1 atom stereocenters. The number of hydrogen-bond acceptors (Lipinski definition) is 3. The normalized spacial score (nSPS) is 25.2. The molecule has 0 spiro atoms. The van der Waals surface area contributed by atoms with Gasteiger partial charge in [-0.2, -0.15) is 5.10 Å². The average Bonchev–Trinajstić information content (AvgIpc) is 3.02. The van der Waals surface area contributed by atoms with E-state index in [4.69, 9.17) is 0 Å². The number of hydrogen-bond donors (Lipinski definition) is 1. The molecule has 118 valence electrons. The summed E-state index contributed by atoms with van der Waals surface area (Å²) in [7, 11) is 0. The summed E-state index contributed by atoms with van der Waals surface area (Å²) in [5.74, 6) is 0.273. The lowest BCUT2D eigenvalue weighted by molar-refractivity contribution is -0.146. The fraction of sp³-hybridized carbons (Fsp3) is 0.733. The Hall–Kier alpha value is -1.07. The van der Waals surface area contributed by atoms with Crippen molar-refractivity contribution < 1.29 is 4.79 Å². The minimum atomic E-state index is -0.472. The van der Waals surface area contributed by atoms with Crippen LogP contribution in [-0.4, -0.2) is 46.3 Å². The minimum absolute atomic E-state index is 0. The first-order valence-electron chi connectivity index (χ1n) is 7.76. The van der Waals surface area contributed by atoms with Crippen molar-refractivity contribution in [3.63, 3.8) is 0 Å². The fourth-order valence-electron chi connectivity index (χ4n) is 3.57. The maximum absolute atomic E-state index is 13.2. The van der Waals surface area contributed by atoms with Crippen molar-refractivity contribution in [1.29, 1.82) is 0 Å². The Morgan fingerprint density at radius 2 is 2.10 bits per heavy atom. The molecule has 3 rings (SSSR count). The molecule has 3 heterocycles. The van der Waals surface area contributed by atoms with Gasteiger partial charge in [-0.25, -0.2) is 0 Å². The molecule has 6 heteroatoms. The number of piperidine rings is 2. The third-order valence-corrected chi connectivity index (χ3v) is 4.84. The smallest absolute Gasteiger partial charge is 0.250 e. The number of amides is 1. The number of aromatic nitrogens is 2. The van der Waals surface area contributed by atoms with Crippen molar-refractivity contribution >= 4 is 18.3 Å². The summed E-state index contributed by atoms with van der Waals surface area (Å²) in [5.41, 5.74) is -0.472. The molecule has 0 aliphatic carbocycles. The van der Waals surface area contributed by atoms with E-state index in [2.05, 4.69) is 22.2 Å². The number of rotatable bonds is 2. The number of carbonyl (C=O) groups excluding carboxylic acids is 1. The summed E-state index contributed by atoms with van der Waals surface area (Å²) in [6, 6.07) is 2.27. The quantitative estimate of drug-likeness (QED) is 0.905. The molecule has 0 saturated carbocycles. The summed E-state index contributed by atoms with van der Waals surface area (Å²) in [6.07, 6.45) is 8.87. The van der Waals surface area contributed by atoms with Crippen LogP contribution in [0.2, 0.25) is 0 Å². The highest BCUT2D eigenvalue weighted by Gasteiger charge is 2.45. The summed E-state index contributed by atoms with van der Waals surface area (Å²) in [6.45, 7) is 4.84. The zero-order valence-electron chi connectivity index (χ0n) is 12.6. The first-order chi connectivity index (χ1) is 9.74. The van der Waals surface area contributed by atoms with Crippen LogP contribution in [0.3, 0.4) is 0 Å². The lowest BCUT2D eigenvalue weighted by Gasteiger charge is -2.43. The molecular weight excluding hydrogens is 288 g/mol. The molecule has 1 unspecified atom stereocenters. The van der Waals surface area contributed by atoms with E-state index in [0.717, 1.165) is 45.3 Å². The van der Waals surface area contributed by atoms with Crippen LogP contribution in [0.5, 0.6) is 0 Å². The molecular formula is C15H25ClN4O. The Morgan fingerprint density at radius 3 is 2.71 bits per heavy atom. The highest BCUT2D eigenvalue weighted by atomic mass is 35.5. The molecule has 0 aromatic carbocycles. The van der Waals surface area contributed by atoms with Gasteiger partial charge in [0.25, 0.3) is 5.91 Å². The van der Waals surface area contributed by atoms with E-state index >= 15 is 0 Å². The van der Waals surface area contributed by atoms with Crippen LogP contribution < -0.4 is 5.32 Å². The summed E-state index contributed by atoms with van der Waals surface area (Å²) in [5, 5.41) is 7.75. The van der Waals surface area contributed by atoms with Gasteiger partial charge in [0.15, 0.2) is 0 Å². The molecule has 2 saturated heterocycles. The van der Waals surface area contributed by atoms with Gasteiger partial charge in [0, 0.05) is 25.0 Å².